The molecule has 0 aromatic rings. The number of nitrogens with zero attached hydrogens (tertiary/aromatic N) is 1. The first-order chi connectivity index (χ1) is 7.61. The number of carbonyl (C=O) groups is 2. The van der Waals surface area contributed by atoms with Crippen molar-refractivity contribution < 1.29 is 9.59 Å². The lowest BCUT2D eigenvalue weighted by molar-refractivity contribution is -0.137. The molecule has 0 aliphatic carbocycles. The average molecular weight is 223 g/mol. The van der Waals surface area contributed by atoms with Crippen LogP contribution in [-0.4, -0.2) is 36.3 Å². The van der Waals surface area contributed by atoms with Crippen molar-refractivity contribution in [3.63, 3.8) is 0 Å². The summed E-state index contributed by atoms with van der Waals surface area (Å²) in [7, 11) is 0. The second-order valence-corrected chi connectivity index (χ2v) is 3.66. The lowest BCUT2D eigenvalue weighted by atomic mass is 10.3. The highest BCUT2D eigenvalue weighted by Crippen LogP contribution is 2.13. The molecule has 0 radical (unpaired) electrons. The maximum Gasteiger partial charge on any atom is 0.309 e. The minimum absolute atomic E-state index is 0.286. The minimum Gasteiger partial charge on any atom is -0.372 e. The number of carbonyl (C=O) groups excluding carboxylic acids is 2. The van der Waals surface area contributed by atoms with Crippen LogP contribution >= 0.6 is 0 Å². The summed E-state index contributed by atoms with van der Waals surface area (Å²) in [4.78, 5) is 23.4. The Hall–Kier alpha value is -1.78. The molecule has 0 unspecified atom stereocenters. The van der Waals surface area contributed by atoms with Crippen molar-refractivity contribution in [1.82, 2.24) is 10.2 Å². The van der Waals surface area contributed by atoms with Gasteiger partial charge in [0, 0.05) is 25.3 Å². The summed E-state index contributed by atoms with van der Waals surface area (Å²) < 4.78 is 0. The topological polar surface area (TPSA) is 75.4 Å². The molecule has 3 N–H and O–H groups in total. The Balaban J connectivity index is 2.23. The van der Waals surface area contributed by atoms with Crippen LogP contribution in [0.3, 0.4) is 0 Å². The zero-order valence-electron chi connectivity index (χ0n) is 9.24. The highest BCUT2D eigenvalue weighted by molar-refractivity contribution is 6.34. The molecule has 1 fully saturated rings. The van der Waals surface area contributed by atoms with Crippen molar-refractivity contribution in [3.8, 4) is 0 Å². The van der Waals surface area contributed by atoms with Gasteiger partial charge in [-0.25, -0.2) is 0 Å². The summed E-state index contributed by atoms with van der Waals surface area (Å²) in [5.41, 5.74) is 5.71. The molecule has 1 aliphatic rings. The van der Waals surface area contributed by atoms with Crippen LogP contribution in [-0.2, 0) is 9.59 Å². The van der Waals surface area contributed by atoms with Gasteiger partial charge >= 0.3 is 11.8 Å². The quantitative estimate of drug-likeness (QED) is 0.510. The monoisotopic (exact) mass is 223 g/mol. The number of amides is 2. The molecule has 5 nitrogen and oxygen atoms in total. The average Bonchev–Trinajstić information content (AvgIpc) is 2.76. The van der Waals surface area contributed by atoms with Gasteiger partial charge in [0.25, 0.3) is 0 Å². The van der Waals surface area contributed by atoms with Crippen molar-refractivity contribution in [2.45, 2.75) is 12.8 Å². The van der Waals surface area contributed by atoms with E-state index in [0.717, 1.165) is 18.8 Å². The van der Waals surface area contributed by atoms with E-state index >= 15 is 0 Å². The normalized spacial score (nSPS) is 15.4. The smallest absolute Gasteiger partial charge is 0.309 e. The third-order valence-electron chi connectivity index (χ3n) is 2.43. The van der Waals surface area contributed by atoms with Crippen molar-refractivity contribution in [3.05, 3.63) is 24.4 Å². The van der Waals surface area contributed by atoms with Crippen molar-refractivity contribution in [2.75, 3.05) is 19.6 Å². The molecule has 0 aromatic heterocycles. The second kappa shape index (κ2) is 5.95. The van der Waals surface area contributed by atoms with Crippen LogP contribution in [0.2, 0.25) is 0 Å². The second-order valence-electron chi connectivity index (χ2n) is 3.66. The molecular formula is C11H17N3O2. The van der Waals surface area contributed by atoms with Gasteiger partial charge in [0.05, 0.1) is 0 Å². The van der Waals surface area contributed by atoms with Crippen molar-refractivity contribution in [1.29, 1.82) is 0 Å². The Bertz CT molecular complexity index is 317. The van der Waals surface area contributed by atoms with Crippen LogP contribution in [0.15, 0.2) is 24.4 Å². The molecular weight excluding hydrogens is 206 g/mol. The molecule has 1 rings (SSSR count). The standard InChI is InChI=1S/C11H17N3O2/c1-9(14-7-2-3-8-14)5-4-6-13-11(16)10(12)15/h4-5H,1-3,6-8H2,(H2,12,15)(H,13,16)/b5-4+. The highest BCUT2D eigenvalue weighted by atomic mass is 16.2. The van der Waals surface area contributed by atoms with E-state index < -0.39 is 11.8 Å². The van der Waals surface area contributed by atoms with Gasteiger partial charge in [-0.2, -0.15) is 0 Å². The third-order valence-corrected chi connectivity index (χ3v) is 2.43. The third kappa shape index (κ3) is 3.76. The van der Waals surface area contributed by atoms with Gasteiger partial charge in [-0.05, 0) is 18.9 Å². The van der Waals surface area contributed by atoms with Crippen LogP contribution in [0.25, 0.3) is 0 Å². The van der Waals surface area contributed by atoms with Crippen LogP contribution in [0.4, 0.5) is 0 Å². The number of likely N-dealkylation sites (tertiary alicyclic amines) is 1. The van der Waals surface area contributed by atoms with Gasteiger partial charge in [0.1, 0.15) is 0 Å². The summed E-state index contributed by atoms with van der Waals surface area (Å²) >= 11 is 0. The van der Waals surface area contributed by atoms with Crippen molar-refractivity contribution in [2.24, 2.45) is 5.73 Å². The van der Waals surface area contributed by atoms with Crippen LogP contribution < -0.4 is 11.1 Å². The number of nitrogens with two attached hydrogens (primary N) is 1. The molecule has 1 heterocycles. The Morgan fingerprint density at radius 3 is 2.56 bits per heavy atom. The van der Waals surface area contributed by atoms with Gasteiger partial charge in [0.15, 0.2) is 0 Å². The summed E-state index contributed by atoms with van der Waals surface area (Å²) in [5.74, 6) is -1.73. The number of primary amides is 1. The predicted molar refractivity (Wildman–Crippen MR) is 61.3 cm³/mol. The lowest BCUT2D eigenvalue weighted by Crippen LogP contribution is -2.36. The van der Waals surface area contributed by atoms with Crippen LogP contribution in [0, 0.1) is 0 Å². The molecule has 0 bridgehead atoms. The van der Waals surface area contributed by atoms with Gasteiger partial charge < -0.3 is 16.0 Å². The zero-order chi connectivity index (χ0) is 12.0. The predicted octanol–water partition coefficient (Wildman–Crippen LogP) is -0.246. The summed E-state index contributed by atoms with van der Waals surface area (Å²) in [6.45, 7) is 6.29. The number of rotatable bonds is 4. The number of hydrogen-bond donors (Lipinski definition) is 2. The number of allylic oxidation sites excluding steroid dienone is 1. The molecule has 0 saturated carbocycles. The largest absolute Gasteiger partial charge is 0.372 e. The minimum atomic E-state index is -0.966. The van der Waals surface area contributed by atoms with E-state index in [1.807, 2.05) is 6.08 Å². The summed E-state index contributed by atoms with van der Waals surface area (Å²) in [5, 5.41) is 2.37. The zero-order valence-corrected chi connectivity index (χ0v) is 9.24. The Morgan fingerprint density at radius 2 is 2.00 bits per heavy atom. The van der Waals surface area contributed by atoms with E-state index in [9.17, 15) is 9.59 Å². The molecule has 88 valence electrons. The molecule has 16 heavy (non-hydrogen) atoms. The lowest BCUT2D eigenvalue weighted by Gasteiger charge is -2.16. The molecule has 0 atom stereocenters. The molecule has 1 aliphatic heterocycles. The van der Waals surface area contributed by atoms with E-state index in [2.05, 4.69) is 16.8 Å². The number of nitrogens with one attached hydrogen (secondary N) is 1. The van der Waals surface area contributed by atoms with E-state index in [-0.39, 0.29) is 6.54 Å². The molecule has 5 heteroatoms. The SMILES string of the molecule is C=C(/C=C/CNC(=O)C(N)=O)N1CCCC1. The Kier molecular flexibility index (Phi) is 4.57. The van der Waals surface area contributed by atoms with Crippen molar-refractivity contribution >= 4 is 11.8 Å². The molecule has 2 amide bonds. The van der Waals surface area contributed by atoms with Crippen LogP contribution in [0.5, 0.6) is 0 Å². The number of hydrogen-bond acceptors (Lipinski definition) is 3. The van der Waals surface area contributed by atoms with E-state index in [4.69, 9.17) is 5.73 Å². The Morgan fingerprint density at radius 1 is 1.38 bits per heavy atom. The van der Waals surface area contributed by atoms with E-state index in [1.54, 1.807) is 6.08 Å². The van der Waals surface area contributed by atoms with Crippen LogP contribution in [0.1, 0.15) is 12.8 Å². The fourth-order valence-corrected chi connectivity index (χ4v) is 1.54. The fraction of sp³-hybridized carbons (Fsp3) is 0.455. The van der Waals surface area contributed by atoms with E-state index in [0.29, 0.717) is 0 Å². The van der Waals surface area contributed by atoms with Gasteiger partial charge in [-0.1, -0.05) is 12.7 Å². The van der Waals surface area contributed by atoms with Gasteiger partial charge in [-0.15, -0.1) is 0 Å². The maximum absolute atomic E-state index is 10.8. The summed E-state index contributed by atoms with van der Waals surface area (Å²) in [6, 6.07) is 0. The van der Waals surface area contributed by atoms with Gasteiger partial charge in [0.2, 0.25) is 0 Å². The fourth-order valence-electron chi connectivity index (χ4n) is 1.54. The first-order valence-corrected chi connectivity index (χ1v) is 5.29. The molecule has 0 spiro atoms. The van der Waals surface area contributed by atoms with Gasteiger partial charge in [-0.3, -0.25) is 9.59 Å². The maximum atomic E-state index is 10.8. The first-order valence-electron chi connectivity index (χ1n) is 5.29. The molecule has 1 saturated heterocycles. The Labute approximate surface area is 95.0 Å². The molecule has 0 aromatic carbocycles. The highest BCUT2D eigenvalue weighted by Gasteiger charge is 2.10. The van der Waals surface area contributed by atoms with E-state index in [1.165, 1.54) is 12.8 Å². The first kappa shape index (κ1) is 12.3. The summed E-state index contributed by atoms with van der Waals surface area (Å²) in [6.07, 6.45) is 5.99.